The molecule has 10 heteroatoms. The fourth-order valence-corrected chi connectivity index (χ4v) is 4.26. The van der Waals surface area contributed by atoms with E-state index in [4.69, 9.17) is 46.4 Å². The number of hydrogen-bond acceptors (Lipinski definition) is 4. The van der Waals surface area contributed by atoms with Crippen molar-refractivity contribution in [3.8, 4) is 0 Å². The molecule has 0 aliphatic rings. The number of hydrogen-bond donors (Lipinski definition) is 2. The Bertz CT molecular complexity index is 1020. The topological polar surface area (TPSA) is 82.9 Å². The molecule has 188 valence electrons. The highest BCUT2D eigenvalue weighted by molar-refractivity contribution is 6.37. The number of hydrazone groups is 2. The van der Waals surface area contributed by atoms with Crippen molar-refractivity contribution in [3.63, 3.8) is 0 Å². The van der Waals surface area contributed by atoms with Crippen molar-refractivity contribution in [2.75, 3.05) is 0 Å². The van der Waals surface area contributed by atoms with Crippen LogP contribution in [0.15, 0.2) is 46.6 Å². The van der Waals surface area contributed by atoms with E-state index in [0.29, 0.717) is 70.0 Å². The zero-order chi connectivity index (χ0) is 25.8. The summed E-state index contributed by atoms with van der Waals surface area (Å²) in [6.07, 6.45) is 3.82. The van der Waals surface area contributed by atoms with E-state index in [1.807, 2.05) is 13.8 Å². The predicted molar refractivity (Wildman–Crippen MR) is 146 cm³/mol. The second-order valence-electron chi connectivity index (χ2n) is 7.70. The van der Waals surface area contributed by atoms with Gasteiger partial charge in [-0.05, 0) is 49.9 Å². The molecule has 2 N–H and O–H groups in total. The summed E-state index contributed by atoms with van der Waals surface area (Å²) in [5.41, 5.74) is 7.96. The van der Waals surface area contributed by atoms with Crippen LogP contribution in [-0.4, -0.2) is 23.2 Å². The lowest BCUT2D eigenvalue weighted by atomic mass is 10.1. The molecule has 0 saturated heterocycles. The van der Waals surface area contributed by atoms with Crippen molar-refractivity contribution in [2.24, 2.45) is 10.2 Å². The second-order valence-corrected chi connectivity index (χ2v) is 9.39. The summed E-state index contributed by atoms with van der Waals surface area (Å²) < 4.78 is 0. The summed E-state index contributed by atoms with van der Waals surface area (Å²) in [7, 11) is 0. The minimum Gasteiger partial charge on any atom is -0.273 e. The van der Waals surface area contributed by atoms with E-state index in [1.165, 1.54) is 0 Å². The molecule has 0 saturated carbocycles. The fraction of sp³-hybridized carbons (Fsp3) is 0.360. The molecule has 0 bridgehead atoms. The van der Waals surface area contributed by atoms with Crippen molar-refractivity contribution < 1.29 is 9.59 Å². The molecule has 0 unspecified atom stereocenters. The van der Waals surface area contributed by atoms with Crippen LogP contribution in [0.5, 0.6) is 0 Å². The molecule has 6 nitrogen and oxygen atoms in total. The lowest BCUT2D eigenvalue weighted by Gasteiger charge is -2.08. The van der Waals surface area contributed by atoms with Crippen molar-refractivity contribution in [3.05, 3.63) is 67.6 Å². The number of nitrogens with zero attached hydrogens (tertiary/aromatic N) is 2. The molecule has 0 aliphatic carbocycles. The number of halogens is 4. The molecule has 2 amide bonds. The lowest BCUT2D eigenvalue weighted by molar-refractivity contribution is -0.121. The molecular formula is C25H28Cl4N4O2. The van der Waals surface area contributed by atoms with Crippen molar-refractivity contribution >= 4 is 69.6 Å². The summed E-state index contributed by atoms with van der Waals surface area (Å²) in [4.78, 5) is 24.3. The Morgan fingerprint density at radius 1 is 0.686 bits per heavy atom. The van der Waals surface area contributed by atoms with Crippen LogP contribution in [-0.2, 0) is 9.59 Å². The Morgan fingerprint density at radius 3 is 1.43 bits per heavy atom. The quantitative estimate of drug-likeness (QED) is 0.162. The lowest BCUT2D eigenvalue weighted by Crippen LogP contribution is -2.20. The van der Waals surface area contributed by atoms with Crippen LogP contribution in [0.4, 0.5) is 0 Å². The van der Waals surface area contributed by atoms with Gasteiger partial charge in [0.15, 0.2) is 0 Å². The van der Waals surface area contributed by atoms with Gasteiger partial charge in [-0.3, -0.25) is 9.59 Å². The van der Waals surface area contributed by atoms with Gasteiger partial charge in [-0.25, -0.2) is 10.9 Å². The number of unbranched alkanes of at least 4 members (excludes halogenated alkanes) is 2. The maximum absolute atomic E-state index is 12.1. The van der Waals surface area contributed by atoms with Crippen LogP contribution in [0.2, 0.25) is 20.1 Å². The molecule has 2 rings (SSSR count). The molecule has 0 radical (unpaired) electrons. The van der Waals surface area contributed by atoms with Gasteiger partial charge in [-0.1, -0.05) is 78.8 Å². The summed E-state index contributed by atoms with van der Waals surface area (Å²) >= 11 is 24.3. The van der Waals surface area contributed by atoms with Gasteiger partial charge in [0.1, 0.15) is 0 Å². The maximum Gasteiger partial charge on any atom is 0.240 e. The normalized spacial score (nSPS) is 11.9. The average molecular weight is 558 g/mol. The van der Waals surface area contributed by atoms with Gasteiger partial charge in [-0.2, -0.15) is 10.2 Å². The van der Waals surface area contributed by atoms with Gasteiger partial charge in [-0.15, -0.1) is 0 Å². The molecule has 0 fully saturated rings. The smallest absolute Gasteiger partial charge is 0.240 e. The van der Waals surface area contributed by atoms with Gasteiger partial charge in [0.2, 0.25) is 11.8 Å². The van der Waals surface area contributed by atoms with Crippen LogP contribution in [0.1, 0.15) is 69.9 Å². The van der Waals surface area contributed by atoms with E-state index in [2.05, 4.69) is 21.1 Å². The number of carbonyl (C=O) groups excluding carboxylic acids is 2. The zero-order valence-electron chi connectivity index (χ0n) is 19.6. The van der Waals surface area contributed by atoms with E-state index in [9.17, 15) is 9.59 Å². The number of carbonyl (C=O) groups is 2. The molecule has 2 aromatic carbocycles. The van der Waals surface area contributed by atoms with Crippen molar-refractivity contribution in [1.82, 2.24) is 10.9 Å². The Kier molecular flexibility index (Phi) is 12.6. The number of amides is 2. The predicted octanol–water partition coefficient (Wildman–Crippen LogP) is 7.41. The van der Waals surface area contributed by atoms with Crippen LogP contribution < -0.4 is 10.9 Å². The third kappa shape index (κ3) is 9.80. The van der Waals surface area contributed by atoms with Gasteiger partial charge in [0.05, 0.1) is 21.5 Å². The standard InChI is InChI=1S/C25H28Cl4N4O2/c1-3-22(18-12-10-16(26)14-20(18)28)30-32-24(34)8-6-5-7-9-25(35)33-31-23(4-2)19-13-11-17(27)15-21(19)29/h10-15H,3-9H2,1-2H3,(H,32,34)(H,33,35)/b30-22+,31-23+. The Hall–Kier alpha value is -2.12. The largest absolute Gasteiger partial charge is 0.273 e. The van der Waals surface area contributed by atoms with Crippen LogP contribution in [0.25, 0.3) is 0 Å². The number of rotatable bonds is 12. The Balaban J connectivity index is 1.73. The molecular weight excluding hydrogens is 530 g/mol. The summed E-state index contributed by atoms with van der Waals surface area (Å²) in [6, 6.07) is 10.3. The third-order valence-electron chi connectivity index (χ3n) is 5.09. The summed E-state index contributed by atoms with van der Waals surface area (Å²) in [6.45, 7) is 3.86. The fourth-order valence-electron chi connectivity index (χ4n) is 3.23. The molecule has 2 aromatic rings. The Labute approximate surface area is 226 Å². The van der Waals surface area contributed by atoms with E-state index < -0.39 is 0 Å². The SMILES string of the molecule is CC/C(=N\NC(=O)CCCCCC(=O)N/N=C(\CC)c1ccc(Cl)cc1Cl)c1ccc(Cl)cc1Cl. The van der Waals surface area contributed by atoms with Gasteiger partial charge >= 0.3 is 0 Å². The van der Waals surface area contributed by atoms with Crippen LogP contribution in [0, 0.1) is 0 Å². The maximum atomic E-state index is 12.1. The van der Waals surface area contributed by atoms with E-state index >= 15 is 0 Å². The Morgan fingerprint density at radius 2 is 1.09 bits per heavy atom. The van der Waals surface area contributed by atoms with E-state index in [0.717, 1.165) is 17.5 Å². The first kappa shape index (κ1) is 29.1. The first-order chi connectivity index (χ1) is 16.7. The highest BCUT2D eigenvalue weighted by atomic mass is 35.5. The highest BCUT2D eigenvalue weighted by Crippen LogP contribution is 2.23. The third-order valence-corrected chi connectivity index (χ3v) is 6.19. The summed E-state index contributed by atoms with van der Waals surface area (Å²) in [5, 5.41) is 10.5. The minimum absolute atomic E-state index is 0.192. The minimum atomic E-state index is -0.192. The first-order valence-electron chi connectivity index (χ1n) is 11.4. The molecule has 35 heavy (non-hydrogen) atoms. The molecule has 0 atom stereocenters. The van der Waals surface area contributed by atoms with Crippen molar-refractivity contribution in [2.45, 2.75) is 58.8 Å². The van der Waals surface area contributed by atoms with Gasteiger partial charge in [0, 0.05) is 34.0 Å². The van der Waals surface area contributed by atoms with Crippen LogP contribution >= 0.6 is 46.4 Å². The summed E-state index contributed by atoms with van der Waals surface area (Å²) in [5.74, 6) is -0.384. The van der Waals surface area contributed by atoms with Gasteiger partial charge < -0.3 is 0 Å². The number of benzene rings is 2. The highest BCUT2D eigenvalue weighted by Gasteiger charge is 2.10. The van der Waals surface area contributed by atoms with E-state index in [-0.39, 0.29) is 11.8 Å². The van der Waals surface area contributed by atoms with Crippen molar-refractivity contribution in [1.29, 1.82) is 0 Å². The second kappa shape index (κ2) is 15.1. The molecule has 0 spiro atoms. The molecule has 0 heterocycles. The average Bonchev–Trinajstić information content (AvgIpc) is 2.81. The molecule has 0 aliphatic heterocycles. The molecule has 0 aromatic heterocycles. The van der Waals surface area contributed by atoms with Gasteiger partial charge in [0.25, 0.3) is 0 Å². The zero-order valence-corrected chi connectivity index (χ0v) is 22.7. The van der Waals surface area contributed by atoms with E-state index in [1.54, 1.807) is 36.4 Å². The number of nitrogens with one attached hydrogen (secondary N) is 2. The monoisotopic (exact) mass is 556 g/mol. The van der Waals surface area contributed by atoms with Crippen LogP contribution in [0.3, 0.4) is 0 Å². The first-order valence-corrected chi connectivity index (χ1v) is 12.9.